The molecular formula is C21H18FN3O5S. The molecule has 31 heavy (non-hydrogen) atoms. The number of nitrogens with one attached hydrogen (secondary N) is 1. The fourth-order valence-electron chi connectivity index (χ4n) is 2.70. The minimum absolute atomic E-state index is 0.0628. The van der Waals surface area contributed by atoms with E-state index in [2.05, 4.69) is 10.3 Å². The molecule has 160 valence electrons. The minimum atomic E-state index is -1.07. The van der Waals surface area contributed by atoms with Crippen molar-refractivity contribution in [3.63, 3.8) is 0 Å². The van der Waals surface area contributed by atoms with Gasteiger partial charge in [0.25, 0.3) is 11.6 Å². The number of aromatic nitrogens is 1. The average Bonchev–Trinajstić information content (AvgIpc) is 3.21. The number of thiazole rings is 1. The molecule has 0 radical (unpaired) electrons. The third-order valence-corrected chi connectivity index (χ3v) is 5.08. The van der Waals surface area contributed by atoms with Gasteiger partial charge in [-0.15, -0.1) is 11.3 Å². The number of nitro groups is 1. The number of non-ortho nitro benzene ring substituents is 1. The molecule has 8 nitrogen and oxygen atoms in total. The lowest BCUT2D eigenvalue weighted by atomic mass is 10.1. The Morgan fingerprint density at radius 3 is 2.77 bits per heavy atom. The van der Waals surface area contributed by atoms with Crippen molar-refractivity contribution in [2.75, 3.05) is 5.32 Å². The van der Waals surface area contributed by atoms with Gasteiger partial charge in [-0.1, -0.05) is 30.3 Å². The van der Waals surface area contributed by atoms with Gasteiger partial charge in [-0.3, -0.25) is 25.0 Å². The number of esters is 1. The second kappa shape index (κ2) is 9.90. The molecule has 3 aromatic rings. The summed E-state index contributed by atoms with van der Waals surface area (Å²) >= 11 is 1.14. The summed E-state index contributed by atoms with van der Waals surface area (Å²) in [5, 5.41) is 15.4. The molecule has 0 spiro atoms. The van der Waals surface area contributed by atoms with Crippen LogP contribution in [0.4, 0.5) is 15.2 Å². The third kappa shape index (κ3) is 5.92. The van der Waals surface area contributed by atoms with Gasteiger partial charge in [0.05, 0.1) is 10.6 Å². The zero-order valence-electron chi connectivity index (χ0n) is 16.4. The Balaban J connectivity index is 1.54. The lowest BCUT2D eigenvalue weighted by Crippen LogP contribution is -2.30. The maximum atomic E-state index is 13.6. The van der Waals surface area contributed by atoms with Crippen LogP contribution in [0.3, 0.4) is 0 Å². The van der Waals surface area contributed by atoms with E-state index in [0.717, 1.165) is 11.3 Å². The van der Waals surface area contributed by atoms with E-state index in [1.807, 2.05) is 0 Å². The van der Waals surface area contributed by atoms with Crippen molar-refractivity contribution >= 4 is 34.0 Å². The molecule has 1 unspecified atom stereocenters. The highest BCUT2D eigenvalue weighted by Crippen LogP contribution is 2.27. The summed E-state index contributed by atoms with van der Waals surface area (Å²) in [6.45, 7) is 1.42. The number of halogens is 1. The van der Waals surface area contributed by atoms with Gasteiger partial charge in [0, 0.05) is 29.5 Å². The molecule has 10 heteroatoms. The van der Waals surface area contributed by atoms with Crippen LogP contribution in [0.15, 0.2) is 53.9 Å². The summed E-state index contributed by atoms with van der Waals surface area (Å²) in [6, 6.07) is 12.1. The number of rotatable bonds is 8. The second-order valence-electron chi connectivity index (χ2n) is 6.56. The average molecular weight is 443 g/mol. The highest BCUT2D eigenvalue weighted by molar-refractivity contribution is 7.14. The van der Waals surface area contributed by atoms with E-state index in [4.69, 9.17) is 4.74 Å². The molecule has 0 saturated heterocycles. The van der Waals surface area contributed by atoms with Crippen LogP contribution in [0.5, 0.6) is 0 Å². The monoisotopic (exact) mass is 443 g/mol. The van der Waals surface area contributed by atoms with E-state index in [-0.39, 0.29) is 23.7 Å². The number of hydrogen-bond acceptors (Lipinski definition) is 7. The van der Waals surface area contributed by atoms with Gasteiger partial charge >= 0.3 is 5.97 Å². The van der Waals surface area contributed by atoms with Crippen LogP contribution in [0, 0.1) is 15.9 Å². The van der Waals surface area contributed by atoms with Crippen molar-refractivity contribution in [1.82, 2.24) is 4.98 Å². The number of benzene rings is 2. The Labute approximate surface area is 180 Å². The molecule has 1 amide bonds. The topological polar surface area (TPSA) is 111 Å². The maximum absolute atomic E-state index is 13.6. The zero-order chi connectivity index (χ0) is 22.4. The van der Waals surface area contributed by atoms with Crippen LogP contribution >= 0.6 is 11.3 Å². The Bertz CT molecular complexity index is 1120. The predicted molar refractivity (Wildman–Crippen MR) is 113 cm³/mol. The summed E-state index contributed by atoms with van der Waals surface area (Å²) < 4.78 is 18.7. The van der Waals surface area contributed by atoms with Gasteiger partial charge in [0.1, 0.15) is 5.82 Å². The maximum Gasteiger partial charge on any atom is 0.306 e. The lowest BCUT2D eigenvalue weighted by molar-refractivity contribution is -0.384. The fourth-order valence-corrected chi connectivity index (χ4v) is 3.42. The second-order valence-corrected chi connectivity index (χ2v) is 7.42. The predicted octanol–water partition coefficient (Wildman–Crippen LogP) is 4.36. The van der Waals surface area contributed by atoms with Crippen LogP contribution in [0.2, 0.25) is 0 Å². The smallest absolute Gasteiger partial charge is 0.306 e. The van der Waals surface area contributed by atoms with Crippen LogP contribution < -0.4 is 5.32 Å². The highest BCUT2D eigenvalue weighted by atomic mass is 32.1. The third-order valence-electron chi connectivity index (χ3n) is 4.32. The Morgan fingerprint density at radius 2 is 2.03 bits per heavy atom. The molecule has 0 fully saturated rings. The Hall–Kier alpha value is -3.66. The first kappa shape index (κ1) is 22.0. The summed E-state index contributed by atoms with van der Waals surface area (Å²) in [5.41, 5.74) is 1.34. The molecular weight excluding hydrogens is 425 g/mol. The molecule has 0 aliphatic carbocycles. The van der Waals surface area contributed by atoms with E-state index < -0.39 is 28.7 Å². The van der Waals surface area contributed by atoms with Crippen molar-refractivity contribution in [2.24, 2.45) is 0 Å². The number of carbonyl (C=O) groups is 2. The SMILES string of the molecule is CC(OC(=O)CCc1ccccc1F)C(=O)Nc1nc(-c2cccc([N+](=O)[O-])c2)cs1. The molecule has 0 aliphatic heterocycles. The molecule has 0 saturated carbocycles. The van der Waals surface area contributed by atoms with Crippen molar-refractivity contribution in [3.8, 4) is 11.3 Å². The molecule has 1 heterocycles. The molecule has 2 aromatic carbocycles. The van der Waals surface area contributed by atoms with Gasteiger partial charge in [0.2, 0.25) is 0 Å². The summed E-state index contributed by atoms with van der Waals surface area (Å²) in [4.78, 5) is 38.9. The summed E-state index contributed by atoms with van der Waals surface area (Å²) in [6.07, 6.45) is -0.968. The van der Waals surface area contributed by atoms with E-state index in [9.17, 15) is 24.1 Å². The number of nitro benzene ring substituents is 1. The number of amides is 1. The van der Waals surface area contributed by atoms with Crippen molar-refractivity contribution in [1.29, 1.82) is 0 Å². The standard InChI is InChI=1S/C21H18FN3O5S/c1-13(30-19(26)10-9-14-5-2-3-8-17(14)22)20(27)24-21-23-18(12-31-21)15-6-4-7-16(11-15)25(28)29/h2-8,11-13H,9-10H2,1H3,(H,23,24,27). The van der Waals surface area contributed by atoms with E-state index in [0.29, 0.717) is 16.8 Å². The van der Waals surface area contributed by atoms with Crippen LogP contribution in [0.25, 0.3) is 11.3 Å². The number of anilines is 1. The van der Waals surface area contributed by atoms with Gasteiger partial charge in [-0.05, 0) is 25.0 Å². The number of aryl methyl sites for hydroxylation is 1. The molecule has 3 rings (SSSR count). The largest absolute Gasteiger partial charge is 0.453 e. The van der Waals surface area contributed by atoms with Crippen molar-refractivity contribution in [2.45, 2.75) is 25.9 Å². The van der Waals surface area contributed by atoms with Gasteiger partial charge < -0.3 is 4.74 Å². The number of hydrogen-bond donors (Lipinski definition) is 1. The Kier molecular flexibility index (Phi) is 7.03. The van der Waals surface area contributed by atoms with E-state index in [1.165, 1.54) is 25.1 Å². The molecule has 1 aromatic heterocycles. The van der Waals surface area contributed by atoms with Crippen LogP contribution in [0.1, 0.15) is 18.9 Å². The van der Waals surface area contributed by atoms with Crippen molar-refractivity contribution in [3.05, 3.63) is 75.4 Å². The quantitative estimate of drug-likeness (QED) is 0.315. The first-order valence-electron chi connectivity index (χ1n) is 9.27. The van der Waals surface area contributed by atoms with Gasteiger partial charge in [-0.25, -0.2) is 9.37 Å². The highest BCUT2D eigenvalue weighted by Gasteiger charge is 2.20. The summed E-state index contributed by atoms with van der Waals surface area (Å²) in [5.74, 6) is -1.59. The molecule has 0 aliphatic rings. The molecule has 1 atom stereocenters. The van der Waals surface area contributed by atoms with Crippen molar-refractivity contribution < 1.29 is 23.6 Å². The van der Waals surface area contributed by atoms with Crippen LogP contribution in [-0.2, 0) is 20.7 Å². The van der Waals surface area contributed by atoms with Gasteiger partial charge in [-0.2, -0.15) is 0 Å². The number of ether oxygens (including phenoxy) is 1. The zero-order valence-corrected chi connectivity index (χ0v) is 17.2. The molecule has 0 bridgehead atoms. The Morgan fingerprint density at radius 1 is 1.26 bits per heavy atom. The number of carbonyl (C=O) groups excluding carboxylic acids is 2. The van der Waals surface area contributed by atoms with Crippen LogP contribution in [-0.4, -0.2) is 27.9 Å². The normalized spacial score (nSPS) is 11.5. The van der Waals surface area contributed by atoms with E-state index >= 15 is 0 Å². The molecule has 1 N–H and O–H groups in total. The fraction of sp³-hybridized carbons (Fsp3) is 0.190. The lowest BCUT2D eigenvalue weighted by Gasteiger charge is -2.12. The summed E-state index contributed by atoms with van der Waals surface area (Å²) in [7, 11) is 0. The van der Waals surface area contributed by atoms with Gasteiger partial charge in [0.15, 0.2) is 11.2 Å². The minimum Gasteiger partial charge on any atom is -0.453 e. The first-order valence-corrected chi connectivity index (χ1v) is 10.2. The van der Waals surface area contributed by atoms with E-state index in [1.54, 1.807) is 35.7 Å². The number of nitrogens with zero attached hydrogens (tertiary/aromatic N) is 2. The first-order chi connectivity index (χ1) is 14.8.